The minimum absolute atomic E-state index is 0. The van der Waals surface area contributed by atoms with Crippen LogP contribution in [0.1, 0.15) is 70.9 Å². The summed E-state index contributed by atoms with van der Waals surface area (Å²) in [6.07, 6.45) is 7.80. The van der Waals surface area contributed by atoms with E-state index < -0.39 is 23.1 Å². The predicted octanol–water partition coefficient (Wildman–Crippen LogP) is 4.67. The van der Waals surface area contributed by atoms with Crippen molar-refractivity contribution in [1.82, 2.24) is 25.3 Å². The number of allylic oxidation sites excluding steroid dienone is 2. The Hall–Kier alpha value is -3.42. The summed E-state index contributed by atoms with van der Waals surface area (Å²) < 4.78 is 32.2. The van der Waals surface area contributed by atoms with Crippen LogP contribution in [0.3, 0.4) is 0 Å². The third-order valence-electron chi connectivity index (χ3n) is 6.61. The van der Waals surface area contributed by atoms with Gasteiger partial charge in [0, 0.05) is 59.9 Å². The van der Waals surface area contributed by atoms with Crippen molar-refractivity contribution in [2.75, 3.05) is 0 Å². The van der Waals surface area contributed by atoms with Crippen LogP contribution in [-0.4, -0.2) is 42.9 Å². The van der Waals surface area contributed by atoms with Gasteiger partial charge in [0.1, 0.15) is 16.6 Å². The fourth-order valence-electron chi connectivity index (χ4n) is 4.37. The quantitative estimate of drug-likeness (QED) is 0.188. The van der Waals surface area contributed by atoms with Gasteiger partial charge in [-0.05, 0) is 62.8 Å². The molecule has 1 aromatic carbocycles. The SMILES string of the molecule is C/C=C/N=C(/C(F)=C/n1c(C)cc(C2CC2c2cn[n-]n2)c(Cl)c1=O)c1cccc(C(=O)NC2CC2)c1F.OO.[V]. The Morgan fingerprint density at radius 1 is 1.27 bits per heavy atom. The summed E-state index contributed by atoms with van der Waals surface area (Å²) >= 11 is 6.44. The maximum Gasteiger partial charge on any atom is 0.273 e. The molecule has 5 rings (SSSR count). The van der Waals surface area contributed by atoms with E-state index in [1.165, 1.54) is 24.4 Å². The molecule has 0 bridgehead atoms. The van der Waals surface area contributed by atoms with Crippen molar-refractivity contribution in [3.8, 4) is 0 Å². The van der Waals surface area contributed by atoms with Crippen LogP contribution in [0.4, 0.5) is 8.78 Å². The monoisotopic (exact) mass is 622 g/mol. The third kappa shape index (κ3) is 7.09. The molecule has 2 aliphatic rings. The number of amides is 1. The van der Waals surface area contributed by atoms with Gasteiger partial charge < -0.3 is 20.7 Å². The Morgan fingerprint density at radius 3 is 2.61 bits per heavy atom. The largest absolute Gasteiger partial charge is 0.493 e. The average Bonchev–Trinajstić information content (AvgIpc) is 3.88. The molecule has 2 aromatic heterocycles. The second kappa shape index (κ2) is 14.0. The number of aryl methyl sites for hydroxylation is 1. The molecule has 2 aliphatic carbocycles. The fraction of sp³-hybridized carbons (Fsp3) is 0.296. The number of hydrogen-bond donors (Lipinski definition) is 3. The predicted molar refractivity (Wildman–Crippen MR) is 145 cm³/mol. The van der Waals surface area contributed by atoms with Crippen molar-refractivity contribution in [2.24, 2.45) is 4.99 Å². The zero-order chi connectivity index (χ0) is 29.0. The summed E-state index contributed by atoms with van der Waals surface area (Å²) in [5, 5.41) is 26.0. The number of carbonyl (C=O) groups excluding carboxylic acids is 1. The van der Waals surface area contributed by atoms with Gasteiger partial charge in [-0.15, -0.1) is 0 Å². The zero-order valence-electron chi connectivity index (χ0n) is 22.0. The fourth-order valence-corrected chi connectivity index (χ4v) is 4.65. The molecular formula is C27H26ClF2N6O4V-. The van der Waals surface area contributed by atoms with E-state index in [9.17, 15) is 9.59 Å². The molecule has 2 heterocycles. The molecule has 3 N–H and O–H groups in total. The van der Waals surface area contributed by atoms with Crippen LogP contribution in [0.5, 0.6) is 0 Å². The first-order valence-electron chi connectivity index (χ1n) is 12.4. The van der Waals surface area contributed by atoms with E-state index in [0.717, 1.165) is 35.7 Å². The molecule has 1 radical (unpaired) electrons. The standard InChI is InChI=1S/C27H25ClF2N6O2.H2O2.V/c1-3-9-31-25(16-5-4-6-17(24(16)30)26(37)33-15-7-8-15)21(29)13-36-14(2)10-20(23(28)27(36)38)18-11-19(18)22-12-32-35-34-22;1-2;/h3-6,9-10,12-13,15,18-19H,7-8,11H2,1-2H3,(H2,32,33,34,35,37);1-2H;/p-1/b9-3+,21-13-,31-25+;;. The molecule has 2 unspecified atom stereocenters. The Morgan fingerprint density at radius 2 is 1.98 bits per heavy atom. The van der Waals surface area contributed by atoms with Crippen molar-refractivity contribution in [3.63, 3.8) is 0 Å². The topological polar surface area (TPSA) is 144 Å². The molecule has 1 amide bonds. The van der Waals surface area contributed by atoms with Crippen molar-refractivity contribution in [3.05, 3.63) is 97.8 Å². The Labute approximate surface area is 250 Å². The summed E-state index contributed by atoms with van der Waals surface area (Å²) in [7, 11) is 0. The summed E-state index contributed by atoms with van der Waals surface area (Å²) in [6.45, 7) is 3.33. The number of aliphatic imine (C=N–C) groups is 1. The Balaban J connectivity index is 0.00000151. The number of halogens is 3. The van der Waals surface area contributed by atoms with Gasteiger partial charge >= 0.3 is 0 Å². The molecule has 0 aliphatic heterocycles. The van der Waals surface area contributed by atoms with Crippen molar-refractivity contribution < 1.29 is 42.6 Å². The van der Waals surface area contributed by atoms with Crippen molar-refractivity contribution >= 4 is 29.4 Å². The summed E-state index contributed by atoms with van der Waals surface area (Å²) in [6, 6.07) is 5.88. The van der Waals surface area contributed by atoms with Crippen LogP contribution >= 0.6 is 11.6 Å². The summed E-state index contributed by atoms with van der Waals surface area (Å²) in [5.41, 5.74) is 0.425. The van der Waals surface area contributed by atoms with E-state index in [1.807, 2.05) is 0 Å². The molecule has 2 saturated carbocycles. The third-order valence-corrected chi connectivity index (χ3v) is 6.99. The summed E-state index contributed by atoms with van der Waals surface area (Å²) in [5.74, 6) is -2.39. The molecule has 41 heavy (non-hydrogen) atoms. The van der Waals surface area contributed by atoms with Gasteiger partial charge in [0.2, 0.25) is 0 Å². The van der Waals surface area contributed by atoms with E-state index >= 15 is 8.78 Å². The first kappa shape index (κ1) is 32.1. The molecule has 0 spiro atoms. The normalized spacial score (nSPS) is 18.4. The zero-order valence-corrected chi connectivity index (χ0v) is 24.2. The van der Waals surface area contributed by atoms with E-state index in [-0.39, 0.29) is 58.3 Å². The van der Waals surface area contributed by atoms with Gasteiger partial charge in [-0.25, -0.2) is 8.78 Å². The van der Waals surface area contributed by atoms with Gasteiger partial charge in [0.15, 0.2) is 5.83 Å². The van der Waals surface area contributed by atoms with Gasteiger partial charge in [0.25, 0.3) is 11.5 Å². The Kier molecular flexibility index (Phi) is 10.9. The maximum atomic E-state index is 15.7. The van der Waals surface area contributed by atoms with Crippen LogP contribution in [0, 0.1) is 12.7 Å². The molecule has 2 atom stereocenters. The molecule has 3 aromatic rings. The molecule has 10 nitrogen and oxygen atoms in total. The number of rotatable bonds is 8. The summed E-state index contributed by atoms with van der Waals surface area (Å²) in [4.78, 5) is 29.7. The Bertz CT molecular complexity index is 1550. The van der Waals surface area contributed by atoms with Crippen LogP contribution in [0.2, 0.25) is 5.02 Å². The van der Waals surface area contributed by atoms with Crippen molar-refractivity contribution in [2.45, 2.75) is 51.0 Å². The number of nitrogens with one attached hydrogen (secondary N) is 1. The first-order chi connectivity index (χ1) is 19.3. The smallest absolute Gasteiger partial charge is 0.273 e. The second-order valence-corrected chi connectivity index (χ2v) is 9.77. The van der Waals surface area contributed by atoms with Gasteiger partial charge in [-0.1, -0.05) is 23.7 Å². The van der Waals surface area contributed by atoms with Gasteiger partial charge in [-0.3, -0.25) is 29.7 Å². The number of hydrogen-bond acceptors (Lipinski definition) is 7. The second-order valence-electron chi connectivity index (χ2n) is 9.39. The van der Waals surface area contributed by atoms with Gasteiger partial charge in [0.05, 0.1) is 11.8 Å². The minimum Gasteiger partial charge on any atom is -0.493 e. The van der Waals surface area contributed by atoms with Crippen LogP contribution in [0.15, 0.2) is 58.4 Å². The molecule has 215 valence electrons. The number of aromatic nitrogens is 4. The van der Waals surface area contributed by atoms with Crippen LogP contribution in [0.25, 0.3) is 6.20 Å². The molecule has 2 fully saturated rings. The van der Waals surface area contributed by atoms with Crippen molar-refractivity contribution in [1.29, 1.82) is 0 Å². The van der Waals surface area contributed by atoms with Crippen LogP contribution < -0.4 is 16.1 Å². The number of nitrogens with zero attached hydrogens (tertiary/aromatic N) is 5. The molecular weight excluding hydrogens is 597 g/mol. The van der Waals surface area contributed by atoms with E-state index in [1.54, 1.807) is 32.2 Å². The molecule has 14 heteroatoms. The first-order valence-corrected chi connectivity index (χ1v) is 12.8. The number of carbonyl (C=O) groups is 1. The van der Waals surface area contributed by atoms with E-state index in [0.29, 0.717) is 11.3 Å². The number of benzene rings is 1. The van der Waals surface area contributed by atoms with E-state index in [2.05, 4.69) is 25.7 Å². The van der Waals surface area contributed by atoms with Gasteiger partial charge in [-0.2, -0.15) is 0 Å². The maximum absolute atomic E-state index is 15.7. The molecule has 0 saturated heterocycles. The minimum atomic E-state index is -0.974. The average molecular weight is 623 g/mol. The number of pyridine rings is 1. The van der Waals surface area contributed by atoms with Crippen LogP contribution in [-0.2, 0) is 18.6 Å². The van der Waals surface area contributed by atoms with E-state index in [4.69, 9.17) is 22.1 Å².